The number of furan rings is 1. The molecule has 0 aliphatic rings. The lowest BCUT2D eigenvalue weighted by Gasteiger charge is -2.03. The van der Waals surface area contributed by atoms with Gasteiger partial charge in [-0.3, -0.25) is 4.79 Å². The van der Waals surface area contributed by atoms with E-state index in [9.17, 15) is 9.90 Å². The number of aryl methyl sites for hydroxylation is 1. The van der Waals surface area contributed by atoms with Gasteiger partial charge in [0.15, 0.2) is 0 Å². The molecule has 0 bridgehead atoms. The second kappa shape index (κ2) is 7.88. The van der Waals surface area contributed by atoms with Gasteiger partial charge in [0.05, 0.1) is 11.8 Å². The highest BCUT2D eigenvalue weighted by Gasteiger charge is 2.11. The Labute approximate surface area is 167 Å². The number of halogens is 2. The number of nitrogens with one attached hydrogen (secondary N) is 1. The van der Waals surface area contributed by atoms with Crippen molar-refractivity contribution in [3.63, 3.8) is 0 Å². The molecule has 0 aliphatic carbocycles. The van der Waals surface area contributed by atoms with Gasteiger partial charge in [-0.2, -0.15) is 5.10 Å². The molecule has 3 rings (SSSR count). The number of rotatable bonds is 4. The fraction of sp³-hybridized carbons (Fsp3) is 0.0526. The van der Waals surface area contributed by atoms with E-state index in [0.29, 0.717) is 16.0 Å². The minimum Gasteiger partial charge on any atom is -0.507 e. The number of carbonyl (C=O) groups is 1. The molecule has 5 nitrogen and oxygen atoms in total. The third-order valence-corrected chi connectivity index (χ3v) is 4.99. The molecule has 26 heavy (non-hydrogen) atoms. The molecule has 0 radical (unpaired) electrons. The van der Waals surface area contributed by atoms with Crippen molar-refractivity contribution in [2.45, 2.75) is 6.92 Å². The molecule has 2 N–H and O–H groups in total. The molecule has 0 aliphatic heterocycles. The number of hydrogen-bond donors (Lipinski definition) is 2. The van der Waals surface area contributed by atoms with E-state index in [1.807, 2.05) is 31.2 Å². The Morgan fingerprint density at radius 3 is 2.73 bits per heavy atom. The van der Waals surface area contributed by atoms with Crippen LogP contribution in [0.4, 0.5) is 0 Å². The summed E-state index contributed by atoms with van der Waals surface area (Å²) in [7, 11) is 0. The molecular formula is C19H14Br2N2O3. The first kappa shape index (κ1) is 18.4. The molecule has 0 atom stereocenters. The summed E-state index contributed by atoms with van der Waals surface area (Å²) in [5.41, 5.74) is 4.56. The summed E-state index contributed by atoms with van der Waals surface area (Å²) in [6.07, 6.45) is 1.40. The van der Waals surface area contributed by atoms with Crippen molar-refractivity contribution < 1.29 is 14.3 Å². The van der Waals surface area contributed by atoms with Crippen molar-refractivity contribution in [3.05, 3.63) is 74.4 Å². The molecule has 2 aromatic carbocycles. The lowest BCUT2D eigenvalue weighted by molar-refractivity contribution is 0.0952. The molecule has 7 heteroatoms. The minimum atomic E-state index is -0.519. The minimum absolute atomic E-state index is 0.119. The lowest BCUT2D eigenvalue weighted by atomic mass is 10.1. The average molecular weight is 478 g/mol. The van der Waals surface area contributed by atoms with E-state index < -0.39 is 5.91 Å². The standard InChI is InChI=1S/C19H14Br2N2O3/c1-11-2-3-12(8-16(11)21)18-7-5-14(26-18)10-22-23-19(25)15-9-13(20)4-6-17(15)24/h2-10,24H,1H3,(H,23,25)/b22-10-. The third-order valence-electron chi connectivity index (χ3n) is 3.64. The summed E-state index contributed by atoms with van der Waals surface area (Å²) in [6.45, 7) is 2.01. The zero-order valence-corrected chi connectivity index (χ0v) is 16.8. The van der Waals surface area contributed by atoms with Gasteiger partial charge in [0.25, 0.3) is 5.91 Å². The van der Waals surface area contributed by atoms with Gasteiger partial charge in [0.1, 0.15) is 17.3 Å². The van der Waals surface area contributed by atoms with E-state index in [0.717, 1.165) is 15.6 Å². The van der Waals surface area contributed by atoms with Crippen LogP contribution in [0.3, 0.4) is 0 Å². The Morgan fingerprint density at radius 2 is 1.96 bits per heavy atom. The van der Waals surface area contributed by atoms with Crippen LogP contribution < -0.4 is 5.43 Å². The van der Waals surface area contributed by atoms with Crippen LogP contribution in [0.2, 0.25) is 0 Å². The van der Waals surface area contributed by atoms with Crippen LogP contribution in [0.5, 0.6) is 5.75 Å². The smallest absolute Gasteiger partial charge is 0.275 e. The van der Waals surface area contributed by atoms with Crippen LogP contribution in [-0.4, -0.2) is 17.2 Å². The number of amides is 1. The maximum Gasteiger partial charge on any atom is 0.275 e. The number of benzene rings is 2. The van der Waals surface area contributed by atoms with E-state index >= 15 is 0 Å². The van der Waals surface area contributed by atoms with Crippen molar-refractivity contribution in [2.24, 2.45) is 5.10 Å². The zero-order chi connectivity index (χ0) is 18.7. The summed E-state index contributed by atoms with van der Waals surface area (Å²) in [5.74, 6) is 0.555. The van der Waals surface area contributed by atoms with E-state index in [1.54, 1.807) is 12.1 Å². The fourth-order valence-corrected chi connectivity index (χ4v) is 2.97. The molecule has 0 spiro atoms. The van der Waals surface area contributed by atoms with Gasteiger partial charge in [-0.25, -0.2) is 5.43 Å². The van der Waals surface area contributed by atoms with Crippen LogP contribution in [0.1, 0.15) is 21.7 Å². The summed E-state index contributed by atoms with van der Waals surface area (Å²) in [6, 6.07) is 14.1. The fourth-order valence-electron chi connectivity index (χ4n) is 2.23. The predicted octanol–water partition coefficient (Wildman–Crippen LogP) is 5.25. The Hall–Kier alpha value is -2.38. The Morgan fingerprint density at radius 1 is 1.15 bits per heavy atom. The first-order valence-electron chi connectivity index (χ1n) is 7.62. The molecule has 1 heterocycles. The van der Waals surface area contributed by atoms with Gasteiger partial charge >= 0.3 is 0 Å². The van der Waals surface area contributed by atoms with Crippen molar-refractivity contribution in [1.29, 1.82) is 0 Å². The van der Waals surface area contributed by atoms with Crippen molar-refractivity contribution in [1.82, 2.24) is 5.43 Å². The van der Waals surface area contributed by atoms with Gasteiger partial charge in [0, 0.05) is 14.5 Å². The second-order valence-corrected chi connectivity index (χ2v) is 7.30. The third kappa shape index (κ3) is 4.23. The molecule has 0 fully saturated rings. The summed E-state index contributed by atoms with van der Waals surface area (Å²) in [5, 5.41) is 13.6. The number of aromatic hydroxyl groups is 1. The molecule has 0 saturated heterocycles. The highest BCUT2D eigenvalue weighted by atomic mass is 79.9. The van der Waals surface area contributed by atoms with Gasteiger partial charge in [0.2, 0.25) is 0 Å². The summed E-state index contributed by atoms with van der Waals surface area (Å²) >= 11 is 6.76. The van der Waals surface area contributed by atoms with Gasteiger partial charge in [-0.05, 0) is 48.9 Å². The van der Waals surface area contributed by atoms with Crippen molar-refractivity contribution in [3.8, 4) is 17.1 Å². The van der Waals surface area contributed by atoms with Crippen LogP contribution in [0, 0.1) is 6.92 Å². The molecule has 132 valence electrons. The number of hydrazone groups is 1. The van der Waals surface area contributed by atoms with Crippen molar-refractivity contribution in [2.75, 3.05) is 0 Å². The first-order chi connectivity index (χ1) is 12.4. The molecule has 3 aromatic rings. The van der Waals surface area contributed by atoms with Crippen molar-refractivity contribution >= 4 is 44.0 Å². The second-order valence-electron chi connectivity index (χ2n) is 5.53. The summed E-state index contributed by atoms with van der Waals surface area (Å²) in [4.78, 5) is 12.1. The average Bonchev–Trinajstić information content (AvgIpc) is 3.08. The largest absolute Gasteiger partial charge is 0.507 e. The lowest BCUT2D eigenvalue weighted by Crippen LogP contribution is -2.17. The molecule has 1 aromatic heterocycles. The van der Waals surface area contributed by atoms with Crippen LogP contribution in [0.25, 0.3) is 11.3 Å². The van der Waals surface area contributed by atoms with Crippen LogP contribution in [-0.2, 0) is 0 Å². The quantitative estimate of drug-likeness (QED) is 0.398. The van der Waals surface area contributed by atoms with E-state index in [-0.39, 0.29) is 11.3 Å². The number of phenols is 1. The maximum atomic E-state index is 12.1. The van der Waals surface area contributed by atoms with Gasteiger partial charge < -0.3 is 9.52 Å². The summed E-state index contributed by atoms with van der Waals surface area (Å²) < 4.78 is 7.40. The Bertz CT molecular complexity index is 996. The highest BCUT2D eigenvalue weighted by molar-refractivity contribution is 9.10. The van der Waals surface area contributed by atoms with E-state index in [2.05, 4.69) is 42.4 Å². The topological polar surface area (TPSA) is 74.8 Å². The molecular weight excluding hydrogens is 464 g/mol. The SMILES string of the molecule is Cc1ccc(-c2ccc(/C=N\NC(=O)c3cc(Br)ccc3O)o2)cc1Br. The predicted molar refractivity (Wildman–Crippen MR) is 107 cm³/mol. The molecule has 1 amide bonds. The van der Waals surface area contributed by atoms with E-state index in [4.69, 9.17) is 4.42 Å². The number of phenolic OH excluding ortho intramolecular Hbond substituents is 1. The zero-order valence-electron chi connectivity index (χ0n) is 13.7. The Balaban J connectivity index is 1.70. The monoisotopic (exact) mass is 476 g/mol. The number of carbonyl (C=O) groups excluding carboxylic acids is 1. The number of nitrogens with zero attached hydrogens (tertiary/aromatic N) is 1. The van der Waals surface area contributed by atoms with E-state index in [1.165, 1.54) is 18.3 Å². The highest BCUT2D eigenvalue weighted by Crippen LogP contribution is 2.27. The maximum absolute atomic E-state index is 12.1. The molecule has 0 unspecified atom stereocenters. The molecule has 0 saturated carbocycles. The van der Waals surface area contributed by atoms with Crippen LogP contribution >= 0.6 is 31.9 Å². The van der Waals surface area contributed by atoms with Crippen LogP contribution in [0.15, 0.2) is 67.0 Å². The van der Waals surface area contributed by atoms with Gasteiger partial charge in [-0.15, -0.1) is 0 Å². The number of hydrogen-bond acceptors (Lipinski definition) is 4. The normalized spacial score (nSPS) is 11.0. The first-order valence-corrected chi connectivity index (χ1v) is 9.21. The Kier molecular flexibility index (Phi) is 5.58. The van der Waals surface area contributed by atoms with Gasteiger partial charge in [-0.1, -0.05) is 44.0 Å².